The third-order valence-corrected chi connectivity index (χ3v) is 4.97. The molecule has 0 aliphatic carbocycles. The van der Waals surface area contributed by atoms with Crippen molar-refractivity contribution in [1.82, 2.24) is 9.78 Å². The van der Waals surface area contributed by atoms with Crippen molar-refractivity contribution in [3.8, 4) is 11.1 Å². The Morgan fingerprint density at radius 3 is 2.59 bits per heavy atom. The van der Waals surface area contributed by atoms with Gasteiger partial charge in [-0.1, -0.05) is 19.6 Å². The molecular formula is C15H21F2N3OSi. The van der Waals surface area contributed by atoms with E-state index in [2.05, 4.69) is 24.7 Å². The third kappa shape index (κ3) is 4.14. The van der Waals surface area contributed by atoms with Gasteiger partial charge in [0.2, 0.25) is 5.95 Å². The molecule has 22 heavy (non-hydrogen) atoms. The number of anilines is 1. The highest BCUT2D eigenvalue weighted by Crippen LogP contribution is 2.26. The van der Waals surface area contributed by atoms with Gasteiger partial charge in [-0.2, -0.15) is 9.49 Å². The van der Waals surface area contributed by atoms with Gasteiger partial charge in [0, 0.05) is 25.9 Å². The molecule has 0 bridgehead atoms. The van der Waals surface area contributed by atoms with Crippen molar-refractivity contribution < 1.29 is 13.5 Å². The second kappa shape index (κ2) is 6.58. The lowest BCUT2D eigenvalue weighted by molar-refractivity contribution is 0.0700. The Bertz CT molecular complexity index is 653. The molecule has 0 atom stereocenters. The maximum atomic E-state index is 14.3. The standard InChI is InChI=1S/C15H21F2N3OSi/c1-22(2,3)7-6-21-10-20-15(17)13(9-19-20)12-5-4-11(18)8-14(12)16/h4-5,8-9H,6-7,10,18H2,1-3H3. The van der Waals surface area contributed by atoms with Crippen LogP contribution in [0.4, 0.5) is 14.5 Å². The van der Waals surface area contributed by atoms with Crippen molar-refractivity contribution in [3.63, 3.8) is 0 Å². The van der Waals surface area contributed by atoms with Gasteiger partial charge in [0.15, 0.2) is 0 Å². The second-order valence-corrected chi connectivity index (χ2v) is 12.1. The first-order chi connectivity index (χ1) is 10.3. The highest BCUT2D eigenvalue weighted by Gasteiger charge is 2.16. The molecule has 4 nitrogen and oxygen atoms in total. The topological polar surface area (TPSA) is 53.1 Å². The van der Waals surface area contributed by atoms with Crippen molar-refractivity contribution in [1.29, 1.82) is 0 Å². The largest absolute Gasteiger partial charge is 0.399 e. The van der Waals surface area contributed by atoms with Crippen LogP contribution in [0.1, 0.15) is 0 Å². The molecule has 7 heteroatoms. The first-order valence-corrected chi connectivity index (χ1v) is 10.8. The van der Waals surface area contributed by atoms with E-state index in [0.717, 1.165) is 16.8 Å². The minimum absolute atomic E-state index is 0.0207. The number of hydrogen-bond donors (Lipinski definition) is 1. The van der Waals surface area contributed by atoms with Crippen LogP contribution < -0.4 is 5.73 Å². The van der Waals surface area contributed by atoms with E-state index in [1.807, 2.05) is 0 Å². The zero-order valence-electron chi connectivity index (χ0n) is 13.1. The smallest absolute Gasteiger partial charge is 0.221 e. The molecule has 0 saturated heterocycles. The SMILES string of the molecule is C[Si](C)(C)CCOCn1ncc(-c2ccc(N)cc2F)c1F. The molecule has 120 valence electrons. The van der Waals surface area contributed by atoms with Crippen molar-refractivity contribution in [2.75, 3.05) is 12.3 Å². The van der Waals surface area contributed by atoms with Gasteiger partial charge < -0.3 is 10.5 Å². The zero-order valence-corrected chi connectivity index (χ0v) is 14.1. The maximum Gasteiger partial charge on any atom is 0.221 e. The fraction of sp³-hybridized carbons (Fsp3) is 0.400. The lowest BCUT2D eigenvalue weighted by Crippen LogP contribution is -2.22. The van der Waals surface area contributed by atoms with E-state index in [0.29, 0.717) is 12.3 Å². The predicted molar refractivity (Wildman–Crippen MR) is 86.1 cm³/mol. The lowest BCUT2D eigenvalue weighted by atomic mass is 10.1. The minimum atomic E-state index is -1.18. The van der Waals surface area contributed by atoms with Gasteiger partial charge in [0.25, 0.3) is 0 Å². The van der Waals surface area contributed by atoms with Gasteiger partial charge in [-0.05, 0) is 24.2 Å². The summed E-state index contributed by atoms with van der Waals surface area (Å²) in [6, 6.07) is 5.13. The first kappa shape index (κ1) is 16.6. The summed E-state index contributed by atoms with van der Waals surface area (Å²) in [6.07, 6.45) is 1.30. The van der Waals surface area contributed by atoms with Gasteiger partial charge >= 0.3 is 0 Å². The second-order valence-electron chi connectivity index (χ2n) is 6.44. The number of rotatable bonds is 6. The fourth-order valence-corrected chi connectivity index (χ4v) is 2.68. The van der Waals surface area contributed by atoms with Gasteiger partial charge in [0.1, 0.15) is 12.5 Å². The van der Waals surface area contributed by atoms with Crippen LogP contribution in [0.5, 0.6) is 0 Å². The van der Waals surface area contributed by atoms with E-state index in [9.17, 15) is 8.78 Å². The molecule has 1 heterocycles. The summed E-state index contributed by atoms with van der Waals surface area (Å²) in [5.41, 5.74) is 6.03. The average Bonchev–Trinajstić information content (AvgIpc) is 2.75. The zero-order chi connectivity index (χ0) is 16.3. The molecule has 0 unspecified atom stereocenters. The summed E-state index contributed by atoms with van der Waals surface area (Å²) >= 11 is 0. The number of ether oxygens (including phenoxy) is 1. The molecule has 2 rings (SSSR count). The first-order valence-electron chi connectivity index (χ1n) is 7.12. The highest BCUT2D eigenvalue weighted by molar-refractivity contribution is 6.76. The van der Waals surface area contributed by atoms with E-state index in [4.69, 9.17) is 10.5 Å². The number of nitrogens with zero attached hydrogens (tertiary/aromatic N) is 2. The highest BCUT2D eigenvalue weighted by atomic mass is 28.3. The van der Waals surface area contributed by atoms with Crippen LogP contribution in [-0.2, 0) is 11.5 Å². The van der Waals surface area contributed by atoms with Crippen molar-refractivity contribution in [2.24, 2.45) is 0 Å². The number of nitrogen functional groups attached to an aromatic ring is 1. The van der Waals surface area contributed by atoms with Gasteiger partial charge in [-0.25, -0.2) is 9.07 Å². The van der Waals surface area contributed by atoms with Crippen molar-refractivity contribution in [2.45, 2.75) is 32.4 Å². The minimum Gasteiger partial charge on any atom is -0.399 e. The fourth-order valence-electron chi connectivity index (χ4n) is 1.92. The normalized spacial score (nSPS) is 11.9. The molecule has 2 aromatic rings. The van der Waals surface area contributed by atoms with Gasteiger partial charge in [-0.3, -0.25) is 0 Å². The Morgan fingerprint density at radius 1 is 1.23 bits per heavy atom. The Hall–Kier alpha value is -1.73. The van der Waals surface area contributed by atoms with Gasteiger partial charge in [0.05, 0.1) is 11.8 Å². The third-order valence-electron chi connectivity index (χ3n) is 3.27. The summed E-state index contributed by atoms with van der Waals surface area (Å²) in [5, 5.41) is 3.92. The summed E-state index contributed by atoms with van der Waals surface area (Å²) < 4.78 is 34.7. The van der Waals surface area contributed by atoms with E-state index >= 15 is 0 Å². The van der Waals surface area contributed by atoms with Crippen molar-refractivity contribution >= 4 is 13.8 Å². The maximum absolute atomic E-state index is 14.3. The molecule has 0 aliphatic heterocycles. The molecule has 0 amide bonds. The van der Waals surface area contributed by atoms with E-state index < -0.39 is 19.8 Å². The monoisotopic (exact) mass is 325 g/mol. The van der Waals surface area contributed by atoms with E-state index in [1.54, 1.807) is 0 Å². The van der Waals surface area contributed by atoms with Crippen LogP contribution in [0.3, 0.4) is 0 Å². The Morgan fingerprint density at radius 2 is 1.95 bits per heavy atom. The molecule has 0 radical (unpaired) electrons. The summed E-state index contributed by atoms with van der Waals surface area (Å²) in [6.45, 7) is 7.32. The lowest BCUT2D eigenvalue weighted by Gasteiger charge is -2.15. The Kier molecular flexibility index (Phi) is 4.97. The molecule has 1 aromatic heterocycles. The van der Waals surface area contributed by atoms with Crippen LogP contribution in [0.15, 0.2) is 24.4 Å². The number of hydrogen-bond acceptors (Lipinski definition) is 3. The van der Waals surface area contributed by atoms with Gasteiger partial charge in [-0.15, -0.1) is 0 Å². The number of halogens is 2. The molecule has 2 N–H and O–H groups in total. The summed E-state index contributed by atoms with van der Waals surface area (Å²) in [4.78, 5) is 0. The molecule has 0 fully saturated rings. The van der Waals surface area contributed by atoms with Crippen LogP contribution in [0.25, 0.3) is 11.1 Å². The molecule has 1 aromatic carbocycles. The summed E-state index contributed by atoms with van der Waals surface area (Å²) in [5.74, 6) is -1.19. The molecule has 0 saturated carbocycles. The summed E-state index contributed by atoms with van der Waals surface area (Å²) in [7, 11) is -1.18. The Balaban J connectivity index is 2.06. The van der Waals surface area contributed by atoms with Crippen LogP contribution in [0.2, 0.25) is 25.7 Å². The quantitative estimate of drug-likeness (QED) is 0.500. The number of aromatic nitrogens is 2. The molecule has 0 spiro atoms. The number of nitrogens with two attached hydrogens (primary N) is 1. The van der Waals surface area contributed by atoms with Crippen LogP contribution >= 0.6 is 0 Å². The van der Waals surface area contributed by atoms with Crippen LogP contribution in [-0.4, -0.2) is 24.5 Å². The van der Waals surface area contributed by atoms with Crippen LogP contribution in [0, 0.1) is 11.8 Å². The molecule has 0 aliphatic rings. The average molecular weight is 325 g/mol. The van der Waals surface area contributed by atoms with E-state index in [-0.39, 0.29) is 17.9 Å². The molecular weight excluding hydrogens is 304 g/mol. The number of benzene rings is 1. The van der Waals surface area contributed by atoms with E-state index in [1.165, 1.54) is 18.3 Å². The van der Waals surface area contributed by atoms with Crippen molar-refractivity contribution in [3.05, 3.63) is 36.2 Å². The Labute approximate surface area is 129 Å². The predicted octanol–water partition coefficient (Wildman–Crippen LogP) is 3.72.